The van der Waals surface area contributed by atoms with E-state index in [0.29, 0.717) is 17.9 Å². The van der Waals surface area contributed by atoms with E-state index in [0.717, 1.165) is 49.6 Å². The summed E-state index contributed by atoms with van der Waals surface area (Å²) in [6, 6.07) is -0.844. The van der Waals surface area contributed by atoms with E-state index in [9.17, 15) is 19.5 Å². The molecule has 1 aliphatic rings. The first kappa shape index (κ1) is 19.4. The molecule has 1 amide bonds. The number of hydrogen-bond donors (Lipinski definition) is 2. The lowest BCUT2D eigenvalue weighted by molar-refractivity contribution is -0.141. The van der Waals surface area contributed by atoms with Crippen LogP contribution in [0, 0.1) is 5.92 Å². The Labute approximate surface area is 140 Å². The molecule has 1 heterocycles. The van der Waals surface area contributed by atoms with Crippen molar-refractivity contribution in [2.45, 2.75) is 51.5 Å². The third-order valence-corrected chi connectivity index (χ3v) is 5.72. The van der Waals surface area contributed by atoms with Gasteiger partial charge in [-0.25, -0.2) is 4.79 Å². The summed E-state index contributed by atoms with van der Waals surface area (Å²) in [6.07, 6.45) is 6.14. The zero-order chi connectivity index (χ0) is 16.4. The van der Waals surface area contributed by atoms with Crippen LogP contribution in [0.25, 0.3) is 0 Å². The van der Waals surface area contributed by atoms with Crippen LogP contribution < -0.4 is 5.32 Å². The fraction of sp³-hybridized carbons (Fsp3) is 0.800. The molecule has 0 aromatic rings. The van der Waals surface area contributed by atoms with Gasteiger partial charge in [0.1, 0.15) is 6.04 Å². The van der Waals surface area contributed by atoms with E-state index < -0.39 is 12.0 Å². The van der Waals surface area contributed by atoms with Gasteiger partial charge in [-0.15, -0.1) is 0 Å². The number of carbonyl (C=O) groups is 3. The second-order valence-electron chi connectivity index (χ2n) is 5.53. The standard InChI is InChI=1S/C15H25NO4S2/c1-11(17)22-9-12-7-5-3-2-4-6-8-21-10-13(15(19)20)16-14(12)18/h12-13H,2-10H2,1H3,(H,16,18)(H,19,20). The molecule has 0 aromatic carbocycles. The van der Waals surface area contributed by atoms with Crippen LogP contribution in [0.2, 0.25) is 0 Å². The van der Waals surface area contributed by atoms with Crippen LogP contribution in [0.1, 0.15) is 45.4 Å². The summed E-state index contributed by atoms with van der Waals surface area (Å²) in [4.78, 5) is 34.7. The Hall–Kier alpha value is -0.690. The Balaban J connectivity index is 2.68. The summed E-state index contributed by atoms with van der Waals surface area (Å²) in [6.45, 7) is 1.48. The van der Waals surface area contributed by atoms with Gasteiger partial charge < -0.3 is 10.4 Å². The summed E-state index contributed by atoms with van der Waals surface area (Å²) in [5.41, 5.74) is 0. The molecule has 1 rings (SSSR count). The molecule has 0 radical (unpaired) electrons. The average molecular weight is 348 g/mol. The molecule has 2 atom stereocenters. The van der Waals surface area contributed by atoms with Crippen molar-refractivity contribution in [3.8, 4) is 0 Å². The van der Waals surface area contributed by atoms with Gasteiger partial charge in [-0.3, -0.25) is 9.59 Å². The Morgan fingerprint density at radius 2 is 1.95 bits per heavy atom. The monoisotopic (exact) mass is 347 g/mol. The SMILES string of the molecule is CC(=O)SCC1CCCCCCCSCC(C(=O)O)NC1=O. The highest BCUT2D eigenvalue weighted by atomic mass is 32.2. The molecule has 0 bridgehead atoms. The molecule has 1 fully saturated rings. The van der Waals surface area contributed by atoms with Crippen molar-refractivity contribution in [1.29, 1.82) is 0 Å². The normalized spacial score (nSPS) is 25.2. The first-order valence-electron chi connectivity index (χ1n) is 7.75. The highest BCUT2D eigenvalue weighted by molar-refractivity contribution is 8.13. The van der Waals surface area contributed by atoms with Crippen LogP contribution in [-0.4, -0.2) is 45.4 Å². The maximum atomic E-state index is 12.3. The van der Waals surface area contributed by atoms with Gasteiger partial charge in [0, 0.05) is 24.3 Å². The Morgan fingerprint density at radius 3 is 2.64 bits per heavy atom. The molecular formula is C15H25NO4S2. The van der Waals surface area contributed by atoms with Crippen molar-refractivity contribution < 1.29 is 19.5 Å². The molecule has 0 saturated carbocycles. The van der Waals surface area contributed by atoms with Gasteiger partial charge in [0.2, 0.25) is 5.91 Å². The number of thioether (sulfide) groups is 2. The summed E-state index contributed by atoms with van der Waals surface area (Å²) >= 11 is 2.72. The van der Waals surface area contributed by atoms with Crippen LogP contribution in [0.15, 0.2) is 0 Å². The second kappa shape index (κ2) is 10.9. The summed E-state index contributed by atoms with van der Waals surface area (Å²) in [7, 11) is 0. The minimum Gasteiger partial charge on any atom is -0.480 e. The minimum absolute atomic E-state index is 0.0129. The molecule has 0 aromatic heterocycles. The quantitative estimate of drug-likeness (QED) is 0.816. The van der Waals surface area contributed by atoms with E-state index in [2.05, 4.69) is 5.32 Å². The zero-order valence-corrected chi connectivity index (χ0v) is 14.6. The second-order valence-corrected chi connectivity index (χ2v) is 7.88. The Bertz CT molecular complexity index is 390. The smallest absolute Gasteiger partial charge is 0.327 e. The highest BCUT2D eigenvalue weighted by Gasteiger charge is 2.25. The molecule has 7 heteroatoms. The maximum absolute atomic E-state index is 12.3. The molecule has 1 aliphatic heterocycles. The zero-order valence-electron chi connectivity index (χ0n) is 13.0. The van der Waals surface area contributed by atoms with E-state index in [-0.39, 0.29) is 16.9 Å². The van der Waals surface area contributed by atoms with Gasteiger partial charge in [-0.05, 0) is 18.6 Å². The Kier molecular flexibility index (Phi) is 9.63. The third-order valence-electron chi connectivity index (χ3n) is 3.60. The maximum Gasteiger partial charge on any atom is 0.327 e. The minimum atomic E-state index is -0.992. The molecule has 2 unspecified atom stereocenters. The van der Waals surface area contributed by atoms with E-state index in [4.69, 9.17) is 0 Å². The first-order valence-corrected chi connectivity index (χ1v) is 9.89. The summed E-state index contributed by atoms with van der Waals surface area (Å²) in [5, 5.41) is 11.9. The van der Waals surface area contributed by atoms with E-state index in [1.54, 1.807) is 11.8 Å². The van der Waals surface area contributed by atoms with E-state index in [1.807, 2.05) is 0 Å². The largest absolute Gasteiger partial charge is 0.480 e. The van der Waals surface area contributed by atoms with E-state index in [1.165, 1.54) is 6.92 Å². The average Bonchev–Trinajstić information content (AvgIpc) is 2.47. The lowest BCUT2D eigenvalue weighted by atomic mass is 10.0. The van der Waals surface area contributed by atoms with Crippen LogP contribution in [-0.2, 0) is 14.4 Å². The van der Waals surface area contributed by atoms with Gasteiger partial charge in [0.25, 0.3) is 0 Å². The highest BCUT2D eigenvalue weighted by Crippen LogP contribution is 2.19. The number of rotatable bonds is 3. The molecule has 22 heavy (non-hydrogen) atoms. The van der Waals surface area contributed by atoms with Crippen molar-refractivity contribution in [3.05, 3.63) is 0 Å². The van der Waals surface area contributed by atoms with E-state index >= 15 is 0 Å². The van der Waals surface area contributed by atoms with Crippen molar-refractivity contribution in [2.75, 3.05) is 17.3 Å². The lowest BCUT2D eigenvalue weighted by Crippen LogP contribution is -2.45. The predicted molar refractivity (Wildman–Crippen MR) is 91.2 cm³/mol. The summed E-state index contributed by atoms with van der Waals surface area (Å²) in [5.74, 6) is 0.244. The van der Waals surface area contributed by atoms with Crippen molar-refractivity contribution in [3.63, 3.8) is 0 Å². The molecule has 126 valence electrons. The first-order chi connectivity index (χ1) is 10.5. The third kappa shape index (κ3) is 8.08. The fourth-order valence-corrected chi connectivity index (χ4v) is 4.09. The molecule has 0 aliphatic carbocycles. The predicted octanol–water partition coefficient (Wildman–Crippen LogP) is 2.54. The Morgan fingerprint density at radius 1 is 1.27 bits per heavy atom. The number of aliphatic carboxylic acids is 1. The summed E-state index contributed by atoms with van der Waals surface area (Å²) < 4.78 is 0. The van der Waals surface area contributed by atoms with Crippen LogP contribution >= 0.6 is 23.5 Å². The molecule has 5 nitrogen and oxygen atoms in total. The lowest BCUT2D eigenvalue weighted by Gasteiger charge is -2.19. The molecule has 0 spiro atoms. The van der Waals surface area contributed by atoms with Crippen LogP contribution in [0.5, 0.6) is 0 Å². The number of carbonyl (C=O) groups excluding carboxylic acids is 2. The number of nitrogens with one attached hydrogen (secondary N) is 1. The van der Waals surface area contributed by atoms with Gasteiger partial charge in [0.05, 0.1) is 0 Å². The molecule has 1 saturated heterocycles. The number of hydrogen-bond acceptors (Lipinski definition) is 5. The number of carboxylic acid groups (broad SMARTS) is 1. The van der Waals surface area contributed by atoms with Gasteiger partial charge in [-0.1, -0.05) is 37.4 Å². The topological polar surface area (TPSA) is 83.5 Å². The fourth-order valence-electron chi connectivity index (χ4n) is 2.30. The van der Waals surface area contributed by atoms with Gasteiger partial charge in [0.15, 0.2) is 5.12 Å². The van der Waals surface area contributed by atoms with Crippen LogP contribution in [0.3, 0.4) is 0 Å². The number of amides is 1. The van der Waals surface area contributed by atoms with Gasteiger partial charge in [-0.2, -0.15) is 11.8 Å². The number of carboxylic acids is 1. The van der Waals surface area contributed by atoms with Crippen LogP contribution in [0.4, 0.5) is 0 Å². The molecule has 2 N–H and O–H groups in total. The van der Waals surface area contributed by atoms with Gasteiger partial charge >= 0.3 is 5.97 Å². The van der Waals surface area contributed by atoms with Crippen molar-refractivity contribution in [1.82, 2.24) is 5.32 Å². The van der Waals surface area contributed by atoms with Crippen molar-refractivity contribution >= 4 is 40.5 Å². The molecular weight excluding hydrogens is 322 g/mol. The van der Waals surface area contributed by atoms with Crippen molar-refractivity contribution in [2.24, 2.45) is 5.92 Å².